The number of imide groups is 1. The van der Waals surface area contributed by atoms with Crippen LogP contribution in [0.3, 0.4) is 0 Å². The van der Waals surface area contributed by atoms with E-state index in [9.17, 15) is 28.5 Å². The summed E-state index contributed by atoms with van der Waals surface area (Å²) in [7, 11) is 0. The number of carbonyl (C=O) groups is 2. The summed E-state index contributed by atoms with van der Waals surface area (Å²) in [5.41, 5.74) is -1.31. The molecule has 8 nitrogen and oxygen atoms in total. The van der Waals surface area contributed by atoms with Crippen molar-refractivity contribution in [3.05, 3.63) is 69.8 Å². The topological polar surface area (TPSA) is 99.0 Å². The molecule has 0 aliphatic carbocycles. The highest BCUT2D eigenvalue weighted by Gasteiger charge is 2.52. The van der Waals surface area contributed by atoms with Gasteiger partial charge in [-0.2, -0.15) is 0 Å². The minimum absolute atomic E-state index is 0.0443. The molecule has 0 radical (unpaired) electrons. The highest BCUT2D eigenvalue weighted by atomic mass is 19.2. The highest BCUT2D eigenvalue weighted by Crippen LogP contribution is 2.41. The summed E-state index contributed by atoms with van der Waals surface area (Å²) < 4.78 is 37.2. The smallest absolute Gasteiger partial charge is 0.425 e. The first-order valence-electron chi connectivity index (χ1n) is 8.03. The molecule has 10 heteroatoms. The fourth-order valence-corrected chi connectivity index (χ4v) is 2.95. The molecule has 1 saturated heterocycles. The second kappa shape index (κ2) is 6.87. The fourth-order valence-electron chi connectivity index (χ4n) is 2.95. The first kappa shape index (κ1) is 19.2. The molecule has 1 unspecified atom stereocenters. The molecule has 2 aromatic carbocycles. The van der Waals surface area contributed by atoms with E-state index < -0.39 is 40.4 Å². The molecule has 3 rings (SSSR count). The first-order chi connectivity index (χ1) is 13.1. The fraction of sp³-hybridized carbons (Fsp3) is 0.222. The lowest BCUT2D eigenvalue weighted by molar-refractivity contribution is -0.384. The number of rotatable bonds is 3. The molecule has 2 amide bonds. The number of nitro benzene ring substituents is 1. The Labute approximate surface area is 157 Å². The van der Waals surface area contributed by atoms with Crippen LogP contribution in [0, 0.1) is 21.7 Å². The van der Waals surface area contributed by atoms with Crippen molar-refractivity contribution < 1.29 is 32.8 Å². The maximum absolute atomic E-state index is 13.7. The zero-order valence-corrected chi connectivity index (χ0v) is 14.7. The van der Waals surface area contributed by atoms with Gasteiger partial charge in [0.25, 0.3) is 5.69 Å². The van der Waals surface area contributed by atoms with Crippen molar-refractivity contribution >= 4 is 17.9 Å². The summed E-state index contributed by atoms with van der Waals surface area (Å²) >= 11 is 0. The average molecular weight is 392 g/mol. The summed E-state index contributed by atoms with van der Waals surface area (Å²) in [6, 6.07) is 6.53. The van der Waals surface area contributed by atoms with Gasteiger partial charge in [-0.1, -0.05) is 6.07 Å². The second-order valence-corrected chi connectivity index (χ2v) is 6.54. The molecule has 1 atom stereocenters. The van der Waals surface area contributed by atoms with Gasteiger partial charge in [0, 0.05) is 12.1 Å². The van der Waals surface area contributed by atoms with Gasteiger partial charge < -0.3 is 9.47 Å². The Bertz CT molecular complexity index is 961. The molecule has 0 saturated carbocycles. The van der Waals surface area contributed by atoms with Crippen molar-refractivity contribution in [1.29, 1.82) is 0 Å². The van der Waals surface area contributed by atoms with E-state index in [0.29, 0.717) is 4.90 Å². The third-order valence-corrected chi connectivity index (χ3v) is 4.17. The predicted octanol–water partition coefficient (Wildman–Crippen LogP) is 4.34. The zero-order valence-electron chi connectivity index (χ0n) is 14.7. The van der Waals surface area contributed by atoms with Crippen LogP contribution < -0.4 is 4.74 Å². The van der Waals surface area contributed by atoms with E-state index in [0.717, 1.165) is 24.3 Å². The van der Waals surface area contributed by atoms with Crippen LogP contribution in [-0.2, 0) is 4.74 Å². The summed E-state index contributed by atoms with van der Waals surface area (Å²) in [6.45, 7) is 3.02. The Hall–Kier alpha value is -3.56. The minimum atomic E-state index is -1.24. The number of carbonyl (C=O) groups excluding carboxylic acids is 2. The standard InChI is InChI=1S/C18H14F2N2O6/c1-18(2)15(10-3-8-13(19)14(20)9-10)21(17(24)28-18)16(23)27-12-6-4-11(5-7-12)22(25)26/h3-9,15H,1-2H3. The van der Waals surface area contributed by atoms with Crippen molar-refractivity contribution in [2.24, 2.45) is 0 Å². The van der Waals surface area contributed by atoms with Crippen LogP contribution in [0.5, 0.6) is 5.75 Å². The lowest BCUT2D eigenvalue weighted by Gasteiger charge is -2.27. The molecular weight excluding hydrogens is 378 g/mol. The van der Waals surface area contributed by atoms with Gasteiger partial charge in [0.2, 0.25) is 0 Å². The molecule has 0 N–H and O–H groups in total. The molecule has 0 aromatic heterocycles. The predicted molar refractivity (Wildman–Crippen MR) is 90.6 cm³/mol. The summed E-state index contributed by atoms with van der Waals surface area (Å²) in [6.07, 6.45) is -2.15. The minimum Gasteiger partial charge on any atom is -0.440 e. The van der Waals surface area contributed by atoms with Crippen LogP contribution in [0.2, 0.25) is 0 Å². The molecule has 0 spiro atoms. The van der Waals surface area contributed by atoms with E-state index in [-0.39, 0.29) is 17.0 Å². The third-order valence-electron chi connectivity index (χ3n) is 4.17. The Morgan fingerprint density at radius 3 is 2.39 bits per heavy atom. The Morgan fingerprint density at radius 1 is 1.18 bits per heavy atom. The number of benzene rings is 2. The Kier molecular flexibility index (Phi) is 4.72. The number of non-ortho nitro benzene ring substituents is 1. The number of amides is 2. The largest absolute Gasteiger partial charge is 0.440 e. The average Bonchev–Trinajstić information content (AvgIpc) is 2.86. The molecule has 1 aliphatic heterocycles. The van der Waals surface area contributed by atoms with Crippen LogP contribution in [0.1, 0.15) is 25.5 Å². The van der Waals surface area contributed by atoms with Crippen molar-refractivity contribution in [3.8, 4) is 5.75 Å². The number of ether oxygens (including phenoxy) is 2. The highest BCUT2D eigenvalue weighted by molar-refractivity contribution is 5.91. The van der Waals surface area contributed by atoms with Crippen LogP contribution in [-0.4, -0.2) is 27.6 Å². The first-order valence-corrected chi connectivity index (χ1v) is 8.03. The van der Waals surface area contributed by atoms with Gasteiger partial charge in [-0.25, -0.2) is 23.3 Å². The van der Waals surface area contributed by atoms with Crippen molar-refractivity contribution in [2.75, 3.05) is 0 Å². The van der Waals surface area contributed by atoms with E-state index >= 15 is 0 Å². The van der Waals surface area contributed by atoms with Gasteiger partial charge >= 0.3 is 12.2 Å². The third kappa shape index (κ3) is 3.48. The van der Waals surface area contributed by atoms with Crippen molar-refractivity contribution in [2.45, 2.75) is 25.5 Å². The molecule has 146 valence electrons. The molecule has 2 aromatic rings. The van der Waals surface area contributed by atoms with Gasteiger partial charge in [0.15, 0.2) is 11.6 Å². The number of nitro groups is 1. The zero-order chi connectivity index (χ0) is 20.6. The Morgan fingerprint density at radius 2 is 1.82 bits per heavy atom. The van der Waals surface area contributed by atoms with Gasteiger partial charge in [-0.05, 0) is 43.7 Å². The van der Waals surface area contributed by atoms with Crippen LogP contribution in [0.4, 0.5) is 24.1 Å². The lowest BCUT2D eigenvalue weighted by Crippen LogP contribution is -2.39. The quantitative estimate of drug-likeness (QED) is 0.569. The molecular formula is C18H14F2N2O6. The van der Waals surface area contributed by atoms with Gasteiger partial charge in [0.1, 0.15) is 17.4 Å². The molecule has 1 fully saturated rings. The maximum atomic E-state index is 13.7. The lowest BCUT2D eigenvalue weighted by atomic mass is 9.91. The number of hydrogen-bond donors (Lipinski definition) is 0. The van der Waals surface area contributed by atoms with Gasteiger partial charge in [0.05, 0.1) is 4.92 Å². The van der Waals surface area contributed by atoms with E-state index in [2.05, 4.69) is 0 Å². The molecule has 1 aliphatic rings. The summed E-state index contributed by atoms with van der Waals surface area (Å²) in [5.74, 6) is -2.26. The molecule has 0 bridgehead atoms. The van der Waals surface area contributed by atoms with E-state index in [1.54, 1.807) is 0 Å². The van der Waals surface area contributed by atoms with Gasteiger partial charge in [-0.15, -0.1) is 0 Å². The van der Waals surface area contributed by atoms with E-state index in [1.807, 2.05) is 0 Å². The second-order valence-electron chi connectivity index (χ2n) is 6.54. The van der Waals surface area contributed by atoms with Crippen LogP contribution in [0.15, 0.2) is 42.5 Å². The van der Waals surface area contributed by atoms with Crippen LogP contribution >= 0.6 is 0 Å². The summed E-state index contributed by atoms with van der Waals surface area (Å²) in [4.78, 5) is 35.5. The molecule has 1 heterocycles. The van der Waals surface area contributed by atoms with Crippen molar-refractivity contribution in [3.63, 3.8) is 0 Å². The number of cyclic esters (lactones) is 1. The number of nitrogens with zero attached hydrogens (tertiary/aromatic N) is 2. The van der Waals surface area contributed by atoms with E-state index in [1.165, 1.54) is 32.0 Å². The number of halogens is 2. The normalized spacial score (nSPS) is 17.9. The monoisotopic (exact) mass is 392 g/mol. The van der Waals surface area contributed by atoms with Crippen LogP contribution in [0.25, 0.3) is 0 Å². The molecule has 28 heavy (non-hydrogen) atoms. The van der Waals surface area contributed by atoms with Gasteiger partial charge in [-0.3, -0.25) is 10.1 Å². The SMILES string of the molecule is CC1(C)OC(=O)N(C(=O)Oc2ccc([N+](=O)[O-])cc2)C1c1ccc(F)c(F)c1. The van der Waals surface area contributed by atoms with E-state index in [4.69, 9.17) is 9.47 Å². The number of hydrogen-bond acceptors (Lipinski definition) is 6. The maximum Gasteiger partial charge on any atom is 0.425 e. The van der Waals surface area contributed by atoms with Crippen molar-refractivity contribution in [1.82, 2.24) is 4.90 Å². The summed E-state index contributed by atoms with van der Waals surface area (Å²) in [5, 5.41) is 10.7. The Balaban J connectivity index is 1.90.